The topological polar surface area (TPSA) is 55.1 Å². The molecule has 16 heavy (non-hydrogen) atoms. The summed E-state index contributed by atoms with van der Waals surface area (Å²) in [6.07, 6.45) is 6.37. The predicted octanol–water partition coefficient (Wildman–Crippen LogP) is 2.06. The molecule has 1 aliphatic rings. The van der Waals surface area contributed by atoms with E-state index in [1.165, 1.54) is 0 Å². The van der Waals surface area contributed by atoms with Gasteiger partial charge in [-0.15, -0.1) is 0 Å². The Hall–Kier alpha value is -0.570. The van der Waals surface area contributed by atoms with Crippen LogP contribution in [0.5, 0.6) is 0 Å². The van der Waals surface area contributed by atoms with Gasteiger partial charge in [0, 0.05) is 18.5 Å². The second kappa shape index (κ2) is 6.89. The maximum Gasteiger partial charge on any atom is 0.223 e. The van der Waals surface area contributed by atoms with E-state index in [1.54, 1.807) is 0 Å². The molecule has 1 amide bonds. The van der Waals surface area contributed by atoms with Crippen molar-refractivity contribution in [2.45, 2.75) is 58.4 Å². The van der Waals surface area contributed by atoms with Crippen molar-refractivity contribution in [1.29, 1.82) is 0 Å². The normalized spacial score (nSPS) is 24.2. The standard InChI is InChI=1S/C13H26N2O/c1-3-5-11(6-4-2)13(16)15-9-10-7-12(14)8-10/h10-12H,3-9,14H2,1-2H3,(H,15,16). The highest BCUT2D eigenvalue weighted by molar-refractivity contribution is 5.78. The maximum absolute atomic E-state index is 11.9. The van der Waals surface area contributed by atoms with E-state index in [-0.39, 0.29) is 11.8 Å². The highest BCUT2D eigenvalue weighted by Crippen LogP contribution is 2.24. The van der Waals surface area contributed by atoms with Gasteiger partial charge in [-0.2, -0.15) is 0 Å². The third-order valence-electron chi connectivity index (χ3n) is 3.48. The van der Waals surface area contributed by atoms with Crippen molar-refractivity contribution in [2.75, 3.05) is 6.54 Å². The Balaban J connectivity index is 2.20. The lowest BCUT2D eigenvalue weighted by Gasteiger charge is -2.32. The number of hydrogen-bond acceptors (Lipinski definition) is 2. The molecule has 0 heterocycles. The minimum absolute atomic E-state index is 0.226. The molecule has 0 atom stereocenters. The van der Waals surface area contributed by atoms with E-state index >= 15 is 0 Å². The molecule has 0 aromatic carbocycles. The molecular formula is C13H26N2O. The molecule has 1 saturated carbocycles. The van der Waals surface area contributed by atoms with Gasteiger partial charge in [0.15, 0.2) is 0 Å². The highest BCUT2D eigenvalue weighted by atomic mass is 16.1. The van der Waals surface area contributed by atoms with Crippen LogP contribution in [-0.2, 0) is 4.79 Å². The molecule has 0 aliphatic heterocycles. The summed E-state index contributed by atoms with van der Waals surface area (Å²) in [6, 6.07) is 0.379. The summed E-state index contributed by atoms with van der Waals surface area (Å²) >= 11 is 0. The summed E-state index contributed by atoms with van der Waals surface area (Å²) in [5, 5.41) is 3.08. The molecule has 0 bridgehead atoms. The highest BCUT2D eigenvalue weighted by Gasteiger charge is 2.26. The van der Waals surface area contributed by atoms with Gasteiger partial charge in [0.2, 0.25) is 5.91 Å². The first kappa shape index (κ1) is 13.5. The molecule has 1 aliphatic carbocycles. The number of carbonyl (C=O) groups excluding carboxylic acids is 1. The zero-order valence-electron chi connectivity index (χ0n) is 10.7. The second-order valence-electron chi connectivity index (χ2n) is 5.12. The maximum atomic E-state index is 11.9. The first-order valence-corrected chi connectivity index (χ1v) is 6.70. The zero-order chi connectivity index (χ0) is 12.0. The molecule has 0 aromatic rings. The van der Waals surface area contributed by atoms with Crippen molar-refractivity contribution in [2.24, 2.45) is 17.6 Å². The van der Waals surface area contributed by atoms with Crippen molar-refractivity contribution in [1.82, 2.24) is 5.32 Å². The predicted molar refractivity (Wildman–Crippen MR) is 67.0 cm³/mol. The molecule has 0 saturated heterocycles. The first-order chi connectivity index (χ1) is 7.67. The van der Waals surface area contributed by atoms with Crippen molar-refractivity contribution in [3.05, 3.63) is 0 Å². The van der Waals surface area contributed by atoms with Crippen molar-refractivity contribution >= 4 is 5.91 Å². The van der Waals surface area contributed by atoms with E-state index in [0.29, 0.717) is 12.0 Å². The monoisotopic (exact) mass is 226 g/mol. The van der Waals surface area contributed by atoms with Gasteiger partial charge in [0.25, 0.3) is 0 Å². The van der Waals surface area contributed by atoms with Crippen molar-refractivity contribution in [3.63, 3.8) is 0 Å². The first-order valence-electron chi connectivity index (χ1n) is 6.70. The minimum atomic E-state index is 0.226. The zero-order valence-corrected chi connectivity index (χ0v) is 10.7. The van der Waals surface area contributed by atoms with Gasteiger partial charge in [-0.1, -0.05) is 26.7 Å². The van der Waals surface area contributed by atoms with Crippen LogP contribution in [0.2, 0.25) is 0 Å². The SMILES string of the molecule is CCCC(CCC)C(=O)NCC1CC(N)C1. The van der Waals surface area contributed by atoms with Crippen LogP contribution in [0, 0.1) is 11.8 Å². The Labute approximate surface area is 99.2 Å². The Bertz CT molecular complexity index is 206. The largest absolute Gasteiger partial charge is 0.356 e. The van der Waals surface area contributed by atoms with E-state index < -0.39 is 0 Å². The van der Waals surface area contributed by atoms with Crippen LogP contribution >= 0.6 is 0 Å². The third kappa shape index (κ3) is 4.12. The Kier molecular flexibility index (Phi) is 5.81. The quantitative estimate of drug-likeness (QED) is 0.698. The lowest BCUT2D eigenvalue weighted by Crippen LogP contribution is -2.43. The van der Waals surface area contributed by atoms with Gasteiger partial charge >= 0.3 is 0 Å². The lowest BCUT2D eigenvalue weighted by atomic mass is 9.81. The third-order valence-corrected chi connectivity index (χ3v) is 3.48. The summed E-state index contributed by atoms with van der Waals surface area (Å²) in [4.78, 5) is 11.9. The second-order valence-corrected chi connectivity index (χ2v) is 5.12. The average molecular weight is 226 g/mol. The number of nitrogens with two attached hydrogens (primary N) is 1. The molecule has 1 rings (SSSR count). The molecule has 3 nitrogen and oxygen atoms in total. The number of nitrogens with one attached hydrogen (secondary N) is 1. The molecular weight excluding hydrogens is 200 g/mol. The molecule has 0 unspecified atom stereocenters. The lowest BCUT2D eigenvalue weighted by molar-refractivity contribution is -0.125. The van der Waals surface area contributed by atoms with E-state index in [2.05, 4.69) is 19.2 Å². The molecule has 0 spiro atoms. The summed E-state index contributed by atoms with van der Waals surface area (Å²) in [7, 11) is 0. The molecule has 0 radical (unpaired) electrons. The van der Waals surface area contributed by atoms with E-state index in [4.69, 9.17) is 5.73 Å². The van der Waals surface area contributed by atoms with E-state index in [1.807, 2.05) is 0 Å². The molecule has 3 N–H and O–H groups in total. The van der Waals surface area contributed by atoms with Crippen molar-refractivity contribution < 1.29 is 4.79 Å². The van der Waals surface area contributed by atoms with E-state index in [0.717, 1.165) is 45.1 Å². The van der Waals surface area contributed by atoms with Crippen LogP contribution in [0.3, 0.4) is 0 Å². The Morgan fingerprint density at radius 1 is 1.31 bits per heavy atom. The number of rotatable bonds is 7. The van der Waals surface area contributed by atoms with Crippen LogP contribution in [0.4, 0.5) is 0 Å². The van der Waals surface area contributed by atoms with Crippen LogP contribution in [0.1, 0.15) is 52.4 Å². The van der Waals surface area contributed by atoms with Crippen LogP contribution in [-0.4, -0.2) is 18.5 Å². The number of hydrogen-bond donors (Lipinski definition) is 2. The van der Waals surface area contributed by atoms with Gasteiger partial charge in [0.05, 0.1) is 0 Å². The molecule has 0 aromatic heterocycles. The fraction of sp³-hybridized carbons (Fsp3) is 0.923. The number of amides is 1. The van der Waals surface area contributed by atoms with Crippen molar-refractivity contribution in [3.8, 4) is 0 Å². The summed E-state index contributed by atoms with van der Waals surface area (Å²) in [5.41, 5.74) is 5.72. The van der Waals surface area contributed by atoms with E-state index in [9.17, 15) is 4.79 Å². The number of carbonyl (C=O) groups is 1. The minimum Gasteiger partial charge on any atom is -0.356 e. The molecule has 1 fully saturated rings. The summed E-state index contributed by atoms with van der Waals surface area (Å²) < 4.78 is 0. The summed E-state index contributed by atoms with van der Waals surface area (Å²) in [6.45, 7) is 5.11. The fourth-order valence-corrected chi connectivity index (χ4v) is 2.45. The van der Waals surface area contributed by atoms with Gasteiger partial charge in [-0.25, -0.2) is 0 Å². The Morgan fingerprint density at radius 3 is 2.31 bits per heavy atom. The molecule has 3 heteroatoms. The smallest absolute Gasteiger partial charge is 0.223 e. The van der Waals surface area contributed by atoms with Crippen LogP contribution in [0.25, 0.3) is 0 Å². The van der Waals surface area contributed by atoms with Gasteiger partial charge in [-0.05, 0) is 31.6 Å². The Morgan fingerprint density at radius 2 is 1.88 bits per heavy atom. The fourth-order valence-electron chi connectivity index (χ4n) is 2.45. The average Bonchev–Trinajstić information content (AvgIpc) is 2.22. The summed E-state index contributed by atoms with van der Waals surface area (Å²) in [5.74, 6) is 1.11. The molecule has 94 valence electrons. The van der Waals surface area contributed by atoms with Gasteiger partial charge < -0.3 is 11.1 Å². The van der Waals surface area contributed by atoms with Gasteiger partial charge in [-0.3, -0.25) is 4.79 Å². The van der Waals surface area contributed by atoms with Gasteiger partial charge in [0.1, 0.15) is 0 Å². The van der Waals surface area contributed by atoms with Crippen LogP contribution in [0.15, 0.2) is 0 Å². The van der Waals surface area contributed by atoms with Crippen LogP contribution < -0.4 is 11.1 Å².